The lowest BCUT2D eigenvalue weighted by atomic mass is 9.99. The summed E-state index contributed by atoms with van der Waals surface area (Å²) in [5, 5.41) is 0. The third-order valence-electron chi connectivity index (χ3n) is 4.64. The number of hydrogen-bond donors (Lipinski definition) is 0. The van der Waals surface area contributed by atoms with Crippen LogP contribution in [0.1, 0.15) is 30.0 Å². The van der Waals surface area contributed by atoms with E-state index in [0.717, 1.165) is 31.2 Å². The Morgan fingerprint density at radius 3 is 1.39 bits per heavy atom. The zero-order valence-electron chi connectivity index (χ0n) is 15.8. The summed E-state index contributed by atoms with van der Waals surface area (Å²) in [6, 6.07) is 23.2. The van der Waals surface area contributed by atoms with Gasteiger partial charge in [-0.3, -0.25) is 0 Å². The predicted molar refractivity (Wildman–Crippen MR) is 106 cm³/mol. The maximum Gasteiger partial charge on any atom is 0.573 e. The molecule has 0 aliphatic carbocycles. The summed E-state index contributed by atoms with van der Waals surface area (Å²) in [5.74, 6) is -0.189. The van der Waals surface area contributed by atoms with Crippen LogP contribution in [0.25, 0.3) is 11.1 Å². The summed E-state index contributed by atoms with van der Waals surface area (Å²) in [6.45, 7) is 2.18. The molecule has 1 nitrogen and oxygen atoms in total. The molecule has 0 aliphatic rings. The van der Waals surface area contributed by atoms with Crippen molar-refractivity contribution in [3.05, 3.63) is 89.5 Å². The van der Waals surface area contributed by atoms with Crippen molar-refractivity contribution < 1.29 is 17.9 Å². The molecule has 0 unspecified atom stereocenters. The fourth-order valence-corrected chi connectivity index (χ4v) is 3.16. The summed E-state index contributed by atoms with van der Waals surface area (Å²) in [7, 11) is 0. The number of halogens is 3. The molecule has 0 aliphatic heterocycles. The maximum absolute atomic E-state index is 12.2. The van der Waals surface area contributed by atoms with Gasteiger partial charge in [0.1, 0.15) is 5.75 Å². The molecule has 0 spiro atoms. The van der Waals surface area contributed by atoms with Crippen LogP contribution in [0.5, 0.6) is 5.75 Å². The maximum atomic E-state index is 12.2. The normalized spacial score (nSPS) is 11.4. The third-order valence-corrected chi connectivity index (χ3v) is 4.64. The summed E-state index contributed by atoms with van der Waals surface area (Å²) in [5.41, 5.74) is 5.91. The first-order chi connectivity index (χ1) is 13.4. The van der Waals surface area contributed by atoms with Crippen LogP contribution < -0.4 is 4.74 Å². The van der Waals surface area contributed by atoms with Crippen molar-refractivity contribution in [2.24, 2.45) is 0 Å². The van der Waals surface area contributed by atoms with E-state index in [-0.39, 0.29) is 5.75 Å². The predicted octanol–water partition coefficient (Wildman–Crippen LogP) is 6.99. The highest BCUT2D eigenvalue weighted by molar-refractivity contribution is 5.64. The van der Waals surface area contributed by atoms with Gasteiger partial charge in [0.25, 0.3) is 0 Å². The minimum atomic E-state index is -4.65. The topological polar surface area (TPSA) is 9.23 Å². The minimum absolute atomic E-state index is 0.189. The second-order valence-electron chi connectivity index (χ2n) is 6.84. The second kappa shape index (κ2) is 8.96. The quantitative estimate of drug-likeness (QED) is 0.426. The molecule has 0 saturated carbocycles. The van der Waals surface area contributed by atoms with Crippen molar-refractivity contribution in [2.75, 3.05) is 0 Å². The van der Waals surface area contributed by atoms with Gasteiger partial charge in [-0.05, 0) is 59.2 Å². The highest BCUT2D eigenvalue weighted by atomic mass is 19.4. The van der Waals surface area contributed by atoms with E-state index in [4.69, 9.17) is 0 Å². The summed E-state index contributed by atoms with van der Waals surface area (Å²) in [6.07, 6.45) is -0.819. The number of benzene rings is 3. The molecule has 0 amide bonds. The molecular formula is C24H23F3O. The number of ether oxygens (including phenoxy) is 1. The van der Waals surface area contributed by atoms with E-state index in [0.29, 0.717) is 0 Å². The average molecular weight is 384 g/mol. The van der Waals surface area contributed by atoms with E-state index in [1.807, 2.05) is 0 Å². The number of rotatable bonds is 7. The zero-order valence-corrected chi connectivity index (χ0v) is 15.8. The Balaban J connectivity index is 1.57. The van der Waals surface area contributed by atoms with Crippen molar-refractivity contribution in [2.45, 2.75) is 39.0 Å². The van der Waals surface area contributed by atoms with E-state index >= 15 is 0 Å². The number of hydrogen-bond acceptors (Lipinski definition) is 1. The van der Waals surface area contributed by atoms with Crippen molar-refractivity contribution in [3.63, 3.8) is 0 Å². The molecule has 0 atom stereocenters. The Kier molecular flexibility index (Phi) is 6.40. The fourth-order valence-electron chi connectivity index (χ4n) is 3.16. The SMILES string of the molecule is CCCc1ccc(-c2ccc(CCc3ccc(OC(F)(F)F)cc3)cc2)cc1. The van der Waals surface area contributed by atoms with Crippen LogP contribution >= 0.6 is 0 Å². The van der Waals surface area contributed by atoms with Gasteiger partial charge in [-0.1, -0.05) is 74.0 Å². The van der Waals surface area contributed by atoms with Crippen molar-refractivity contribution in [1.29, 1.82) is 0 Å². The number of alkyl halides is 3. The standard InChI is InChI=1S/C24H23F3O/c1-2-3-18-6-12-21(13-7-18)22-14-8-19(9-15-22)4-5-20-10-16-23(17-11-20)28-24(25,26)27/h6-17H,2-5H2,1H3. The van der Waals surface area contributed by atoms with Gasteiger partial charge in [0.2, 0.25) is 0 Å². The average Bonchev–Trinajstić information content (AvgIpc) is 2.68. The molecule has 0 N–H and O–H groups in total. The van der Waals surface area contributed by atoms with Gasteiger partial charge in [-0.25, -0.2) is 0 Å². The van der Waals surface area contributed by atoms with E-state index < -0.39 is 6.36 Å². The number of aryl methyl sites for hydroxylation is 3. The molecule has 3 aromatic rings. The van der Waals surface area contributed by atoms with Gasteiger partial charge in [0, 0.05) is 0 Å². The van der Waals surface area contributed by atoms with E-state index in [9.17, 15) is 13.2 Å². The second-order valence-corrected chi connectivity index (χ2v) is 6.84. The largest absolute Gasteiger partial charge is 0.573 e. The first-order valence-corrected chi connectivity index (χ1v) is 9.46. The fraction of sp³-hybridized carbons (Fsp3) is 0.250. The monoisotopic (exact) mass is 384 g/mol. The smallest absolute Gasteiger partial charge is 0.406 e. The molecular weight excluding hydrogens is 361 g/mol. The molecule has 146 valence electrons. The third kappa shape index (κ3) is 5.88. The van der Waals surface area contributed by atoms with E-state index in [1.165, 1.54) is 34.4 Å². The van der Waals surface area contributed by atoms with Gasteiger partial charge in [-0.15, -0.1) is 13.2 Å². The van der Waals surface area contributed by atoms with Crippen LogP contribution in [0.2, 0.25) is 0 Å². The molecule has 3 rings (SSSR count). The van der Waals surface area contributed by atoms with Gasteiger partial charge in [0.05, 0.1) is 0 Å². The van der Waals surface area contributed by atoms with Gasteiger partial charge in [-0.2, -0.15) is 0 Å². The van der Waals surface area contributed by atoms with Crippen molar-refractivity contribution in [1.82, 2.24) is 0 Å². The van der Waals surface area contributed by atoms with Gasteiger partial charge in [0.15, 0.2) is 0 Å². The zero-order chi connectivity index (χ0) is 20.0. The molecule has 4 heteroatoms. The van der Waals surface area contributed by atoms with Crippen molar-refractivity contribution in [3.8, 4) is 16.9 Å². The Labute approximate surface area is 163 Å². The van der Waals surface area contributed by atoms with Crippen LogP contribution in [0.3, 0.4) is 0 Å². The first-order valence-electron chi connectivity index (χ1n) is 9.46. The van der Waals surface area contributed by atoms with E-state index in [2.05, 4.69) is 60.2 Å². The summed E-state index contributed by atoms with van der Waals surface area (Å²) < 4.78 is 40.5. The highest BCUT2D eigenvalue weighted by Crippen LogP contribution is 2.24. The van der Waals surface area contributed by atoms with Crippen molar-refractivity contribution >= 4 is 0 Å². The Morgan fingerprint density at radius 2 is 1.00 bits per heavy atom. The van der Waals surface area contributed by atoms with Gasteiger partial charge >= 0.3 is 6.36 Å². The van der Waals surface area contributed by atoms with Gasteiger partial charge < -0.3 is 4.74 Å². The lowest BCUT2D eigenvalue weighted by Crippen LogP contribution is -2.17. The summed E-state index contributed by atoms with van der Waals surface area (Å²) in [4.78, 5) is 0. The molecule has 0 bridgehead atoms. The van der Waals surface area contributed by atoms with Crippen LogP contribution in [0.4, 0.5) is 13.2 Å². The molecule has 0 fully saturated rings. The highest BCUT2D eigenvalue weighted by Gasteiger charge is 2.30. The first kappa shape index (κ1) is 20.0. The lowest BCUT2D eigenvalue weighted by Gasteiger charge is -2.09. The molecule has 0 aromatic heterocycles. The van der Waals surface area contributed by atoms with Crippen LogP contribution in [-0.4, -0.2) is 6.36 Å². The van der Waals surface area contributed by atoms with Crippen LogP contribution in [0.15, 0.2) is 72.8 Å². The Bertz CT molecular complexity index is 864. The molecule has 3 aromatic carbocycles. The van der Waals surface area contributed by atoms with Crippen LogP contribution in [0, 0.1) is 0 Å². The minimum Gasteiger partial charge on any atom is -0.406 e. The Hall–Kier alpha value is -2.75. The molecule has 28 heavy (non-hydrogen) atoms. The Morgan fingerprint density at radius 1 is 0.607 bits per heavy atom. The molecule has 0 saturated heterocycles. The van der Waals surface area contributed by atoms with E-state index in [1.54, 1.807) is 12.1 Å². The molecule has 0 heterocycles. The lowest BCUT2D eigenvalue weighted by molar-refractivity contribution is -0.274. The molecule has 0 radical (unpaired) electrons. The van der Waals surface area contributed by atoms with Crippen LogP contribution in [-0.2, 0) is 19.3 Å². The summed E-state index contributed by atoms with van der Waals surface area (Å²) >= 11 is 0.